The average Bonchev–Trinajstić information content (AvgIpc) is 3.53. The highest BCUT2D eigenvalue weighted by Crippen LogP contribution is 2.30. The second-order valence-corrected chi connectivity index (χ2v) is 8.86. The van der Waals surface area contributed by atoms with Crippen molar-refractivity contribution < 1.29 is 9.53 Å². The lowest BCUT2D eigenvalue weighted by Crippen LogP contribution is -2.56. The number of amides is 1. The van der Waals surface area contributed by atoms with Crippen molar-refractivity contribution in [2.75, 3.05) is 33.3 Å². The van der Waals surface area contributed by atoms with Gasteiger partial charge in [-0.2, -0.15) is 5.10 Å². The van der Waals surface area contributed by atoms with Gasteiger partial charge in [0.2, 0.25) is 0 Å². The van der Waals surface area contributed by atoms with E-state index in [1.54, 1.807) is 13.4 Å². The summed E-state index contributed by atoms with van der Waals surface area (Å²) in [7, 11) is 1.62. The van der Waals surface area contributed by atoms with E-state index in [1.165, 1.54) is 6.04 Å². The summed E-state index contributed by atoms with van der Waals surface area (Å²) >= 11 is 0. The van der Waals surface area contributed by atoms with Crippen LogP contribution in [0.5, 0.6) is 5.75 Å². The molecule has 0 bridgehead atoms. The van der Waals surface area contributed by atoms with Crippen LogP contribution in [0, 0.1) is 6.04 Å². The minimum absolute atomic E-state index is 0.0820. The summed E-state index contributed by atoms with van der Waals surface area (Å²) in [6.45, 7) is 3.36. The number of carbonyl (C=O) groups is 1. The number of methoxy groups -OCH3 is 1. The van der Waals surface area contributed by atoms with E-state index in [2.05, 4.69) is 31.1 Å². The predicted octanol–water partition coefficient (Wildman–Crippen LogP) is 2.83. The SMILES string of the molecule is COc1cccc(C(=O)N2CCC(N3C[C](n4cc(-c5ncnc6[nH]ccc56)cn4)C3)CC2)c1. The summed E-state index contributed by atoms with van der Waals surface area (Å²) in [4.78, 5) is 29.2. The normalized spacial score (nSPS) is 17.7. The quantitative estimate of drug-likeness (QED) is 0.497. The fourth-order valence-electron chi connectivity index (χ4n) is 4.92. The van der Waals surface area contributed by atoms with Crippen molar-refractivity contribution in [1.82, 2.24) is 34.5 Å². The number of hydrogen-bond donors (Lipinski definition) is 1. The smallest absolute Gasteiger partial charge is 0.253 e. The third kappa shape index (κ3) is 3.71. The molecule has 1 radical (unpaired) electrons. The van der Waals surface area contributed by atoms with Crippen LogP contribution in [0.25, 0.3) is 22.3 Å². The van der Waals surface area contributed by atoms with E-state index in [0.717, 1.165) is 61.3 Å². The van der Waals surface area contributed by atoms with Gasteiger partial charge in [0.1, 0.15) is 23.8 Å². The van der Waals surface area contributed by atoms with Crippen LogP contribution in [0.4, 0.5) is 0 Å². The Balaban J connectivity index is 1.04. The summed E-state index contributed by atoms with van der Waals surface area (Å²) in [5, 5.41) is 5.59. The fourth-order valence-corrected chi connectivity index (χ4v) is 4.92. The molecule has 2 aliphatic rings. The lowest BCUT2D eigenvalue weighted by atomic mass is 9.97. The van der Waals surface area contributed by atoms with Crippen LogP contribution in [-0.2, 0) is 0 Å². The second kappa shape index (κ2) is 8.57. The van der Waals surface area contributed by atoms with Crippen molar-refractivity contribution in [2.24, 2.45) is 0 Å². The Morgan fingerprint density at radius 1 is 1.15 bits per heavy atom. The summed E-state index contributed by atoms with van der Waals surface area (Å²) in [5.74, 6) is 0.793. The Bertz CT molecular complexity index is 1320. The number of benzene rings is 1. The Morgan fingerprint density at radius 2 is 2.00 bits per heavy atom. The number of nitrogens with zero attached hydrogens (tertiary/aromatic N) is 6. The number of ether oxygens (including phenoxy) is 1. The molecule has 2 aliphatic heterocycles. The number of piperidine rings is 1. The van der Waals surface area contributed by atoms with Gasteiger partial charge < -0.3 is 14.6 Å². The maximum absolute atomic E-state index is 12.9. The van der Waals surface area contributed by atoms with Crippen LogP contribution < -0.4 is 4.74 Å². The van der Waals surface area contributed by atoms with Crippen molar-refractivity contribution in [3.05, 3.63) is 66.9 Å². The second-order valence-electron chi connectivity index (χ2n) is 8.86. The van der Waals surface area contributed by atoms with Crippen molar-refractivity contribution >= 4 is 16.9 Å². The highest BCUT2D eigenvalue weighted by atomic mass is 16.5. The van der Waals surface area contributed by atoms with E-state index in [4.69, 9.17) is 4.74 Å². The highest BCUT2D eigenvalue weighted by Gasteiger charge is 2.37. The summed E-state index contributed by atoms with van der Waals surface area (Å²) in [5.41, 5.74) is 3.40. The topological polar surface area (TPSA) is 92.2 Å². The number of likely N-dealkylation sites (tertiary alicyclic amines) is 2. The number of aromatic amines is 1. The number of rotatable bonds is 5. The number of fused-ring (bicyclic) bond motifs is 1. The molecule has 0 atom stereocenters. The molecule has 0 spiro atoms. The first-order valence-corrected chi connectivity index (χ1v) is 11.5. The van der Waals surface area contributed by atoms with Gasteiger partial charge in [-0.05, 0) is 37.1 Å². The predicted molar refractivity (Wildman–Crippen MR) is 127 cm³/mol. The molecule has 1 N–H and O–H groups in total. The van der Waals surface area contributed by atoms with Crippen LogP contribution in [0.2, 0.25) is 0 Å². The van der Waals surface area contributed by atoms with E-state index >= 15 is 0 Å². The lowest BCUT2D eigenvalue weighted by molar-refractivity contribution is 0.0515. The molecule has 2 fully saturated rings. The molecular formula is C25H26N7O2. The molecule has 9 nitrogen and oxygen atoms in total. The van der Waals surface area contributed by atoms with E-state index in [1.807, 2.05) is 52.3 Å². The van der Waals surface area contributed by atoms with Gasteiger partial charge in [0.05, 0.1) is 19.0 Å². The number of nitrogens with one attached hydrogen (secondary N) is 1. The fraction of sp³-hybridized carbons (Fsp3) is 0.320. The third-order valence-electron chi connectivity index (χ3n) is 6.89. The standard InChI is InChI=1S/C25H26N7O2/c1-34-21-4-2-3-17(11-21)25(33)30-9-6-19(7-10-30)31-14-20(15-31)32-13-18(12-29-32)23-22-5-8-26-24(22)28-16-27-23/h2-5,8,11-13,16,19H,6-7,9-10,14-15H2,1H3,(H,26,27,28). The molecule has 1 amide bonds. The van der Waals surface area contributed by atoms with Crippen LogP contribution in [0.1, 0.15) is 23.2 Å². The molecule has 9 heteroatoms. The monoisotopic (exact) mass is 456 g/mol. The van der Waals surface area contributed by atoms with E-state index in [0.29, 0.717) is 17.4 Å². The maximum Gasteiger partial charge on any atom is 0.253 e. The Kier molecular flexibility index (Phi) is 5.26. The molecule has 0 saturated carbocycles. The van der Waals surface area contributed by atoms with Gasteiger partial charge in [0.25, 0.3) is 5.91 Å². The number of hydrogen-bond acceptors (Lipinski definition) is 6. The highest BCUT2D eigenvalue weighted by molar-refractivity contribution is 5.94. The number of carbonyl (C=O) groups excluding carboxylic acids is 1. The van der Waals surface area contributed by atoms with Crippen LogP contribution in [-0.4, -0.2) is 79.8 Å². The van der Waals surface area contributed by atoms with Gasteiger partial charge in [-0.25, -0.2) is 9.97 Å². The van der Waals surface area contributed by atoms with Crippen molar-refractivity contribution in [2.45, 2.75) is 18.9 Å². The van der Waals surface area contributed by atoms with Gasteiger partial charge in [0.15, 0.2) is 0 Å². The first-order valence-electron chi connectivity index (χ1n) is 11.5. The molecule has 0 unspecified atom stereocenters. The average molecular weight is 457 g/mol. The molecular weight excluding hydrogens is 430 g/mol. The van der Waals surface area contributed by atoms with Crippen molar-refractivity contribution in [1.29, 1.82) is 0 Å². The minimum Gasteiger partial charge on any atom is -0.497 e. The minimum atomic E-state index is 0.0820. The zero-order valence-corrected chi connectivity index (χ0v) is 19.0. The molecule has 34 heavy (non-hydrogen) atoms. The van der Waals surface area contributed by atoms with E-state index in [9.17, 15) is 4.79 Å². The zero-order valence-electron chi connectivity index (χ0n) is 19.0. The molecule has 3 aromatic heterocycles. The van der Waals surface area contributed by atoms with Gasteiger partial charge in [0, 0.05) is 61.1 Å². The van der Waals surface area contributed by atoms with Crippen molar-refractivity contribution in [3.8, 4) is 17.0 Å². The first-order chi connectivity index (χ1) is 16.7. The van der Waals surface area contributed by atoms with Gasteiger partial charge >= 0.3 is 0 Å². The molecule has 6 rings (SSSR count). The maximum atomic E-state index is 12.9. The Hall–Kier alpha value is -3.72. The third-order valence-corrected chi connectivity index (χ3v) is 6.89. The Morgan fingerprint density at radius 3 is 2.82 bits per heavy atom. The number of H-pyrrole nitrogens is 1. The van der Waals surface area contributed by atoms with E-state index in [-0.39, 0.29) is 5.91 Å². The molecule has 4 aromatic rings. The zero-order chi connectivity index (χ0) is 23.1. The van der Waals surface area contributed by atoms with Crippen LogP contribution in [0.3, 0.4) is 0 Å². The van der Waals surface area contributed by atoms with Gasteiger partial charge in [-0.1, -0.05) is 6.07 Å². The summed E-state index contributed by atoms with van der Waals surface area (Å²) < 4.78 is 7.24. The largest absolute Gasteiger partial charge is 0.497 e. The molecule has 5 heterocycles. The van der Waals surface area contributed by atoms with Crippen LogP contribution >= 0.6 is 0 Å². The van der Waals surface area contributed by atoms with Gasteiger partial charge in [-0.15, -0.1) is 0 Å². The summed E-state index contributed by atoms with van der Waals surface area (Å²) in [6.07, 6.45) is 9.35. The molecule has 0 aliphatic carbocycles. The van der Waals surface area contributed by atoms with E-state index < -0.39 is 0 Å². The van der Waals surface area contributed by atoms with Crippen LogP contribution in [0.15, 0.2) is 55.2 Å². The van der Waals surface area contributed by atoms with Gasteiger partial charge in [-0.3, -0.25) is 14.4 Å². The lowest BCUT2D eigenvalue weighted by Gasteiger charge is -2.46. The molecule has 173 valence electrons. The molecule has 1 aromatic carbocycles. The summed E-state index contributed by atoms with van der Waals surface area (Å²) in [6, 6.07) is 11.2. The Labute approximate surface area is 197 Å². The molecule has 2 saturated heterocycles. The first kappa shape index (κ1) is 20.9. The number of aromatic nitrogens is 5. The van der Waals surface area contributed by atoms with Crippen molar-refractivity contribution in [3.63, 3.8) is 0 Å².